The number of rotatable bonds is 6. The third-order valence-corrected chi connectivity index (χ3v) is 5.05. The molecular weight excluding hydrogens is 250 g/mol. The molecule has 20 heavy (non-hydrogen) atoms. The molecule has 0 bridgehead atoms. The zero-order valence-electron chi connectivity index (χ0n) is 13.2. The Morgan fingerprint density at radius 3 is 2.70 bits per heavy atom. The van der Waals surface area contributed by atoms with Gasteiger partial charge in [-0.05, 0) is 32.6 Å². The fourth-order valence-electron chi connectivity index (χ4n) is 3.85. The molecule has 2 rings (SSSR count). The van der Waals surface area contributed by atoms with Crippen molar-refractivity contribution >= 4 is 5.96 Å². The molecule has 4 heteroatoms. The number of hydrogen-bond acceptors (Lipinski definition) is 2. The van der Waals surface area contributed by atoms with Crippen molar-refractivity contribution in [3.8, 4) is 0 Å². The van der Waals surface area contributed by atoms with Crippen molar-refractivity contribution in [3.05, 3.63) is 0 Å². The smallest absolute Gasteiger partial charge is 0.188 e. The molecule has 0 amide bonds. The molecular formula is C16H31N3O. The van der Waals surface area contributed by atoms with Gasteiger partial charge in [0.1, 0.15) is 0 Å². The molecule has 0 aromatic carbocycles. The van der Waals surface area contributed by atoms with Crippen LogP contribution in [0.1, 0.15) is 65.2 Å². The molecule has 0 aromatic rings. The molecule has 2 aliphatic rings. The van der Waals surface area contributed by atoms with E-state index >= 15 is 0 Å². The van der Waals surface area contributed by atoms with Crippen LogP contribution in [-0.4, -0.2) is 31.3 Å². The van der Waals surface area contributed by atoms with E-state index in [4.69, 9.17) is 10.5 Å². The molecule has 2 unspecified atom stereocenters. The van der Waals surface area contributed by atoms with E-state index in [1.54, 1.807) is 0 Å². The third-order valence-electron chi connectivity index (χ3n) is 5.05. The number of unbranched alkanes of at least 4 members (excludes halogenated alkanes) is 1. The predicted molar refractivity (Wildman–Crippen MR) is 83.9 cm³/mol. The lowest BCUT2D eigenvalue weighted by molar-refractivity contribution is -0.145. The Hall–Kier alpha value is -0.770. The fraction of sp³-hybridized carbons (Fsp3) is 0.938. The molecule has 2 atom stereocenters. The van der Waals surface area contributed by atoms with E-state index in [9.17, 15) is 0 Å². The van der Waals surface area contributed by atoms with E-state index in [0.29, 0.717) is 23.5 Å². The van der Waals surface area contributed by atoms with Crippen molar-refractivity contribution < 1.29 is 4.74 Å². The van der Waals surface area contributed by atoms with Crippen LogP contribution in [0.2, 0.25) is 0 Å². The van der Waals surface area contributed by atoms with Gasteiger partial charge in [-0.15, -0.1) is 0 Å². The van der Waals surface area contributed by atoms with Crippen LogP contribution < -0.4 is 11.1 Å². The predicted octanol–water partition coefficient (Wildman–Crippen LogP) is 2.82. The van der Waals surface area contributed by atoms with Gasteiger partial charge in [-0.1, -0.05) is 32.6 Å². The van der Waals surface area contributed by atoms with Gasteiger partial charge in [-0.2, -0.15) is 0 Å². The summed E-state index contributed by atoms with van der Waals surface area (Å²) in [6.45, 7) is 5.93. The topological polar surface area (TPSA) is 59.6 Å². The normalized spacial score (nSPS) is 29.2. The highest BCUT2D eigenvalue weighted by atomic mass is 16.5. The largest absolute Gasteiger partial charge is 0.378 e. The first-order chi connectivity index (χ1) is 9.73. The summed E-state index contributed by atoms with van der Waals surface area (Å²) in [6, 6.07) is 0.463. The molecule has 0 aliphatic heterocycles. The highest BCUT2D eigenvalue weighted by molar-refractivity contribution is 5.78. The van der Waals surface area contributed by atoms with E-state index in [0.717, 1.165) is 32.4 Å². The lowest BCUT2D eigenvalue weighted by atomic mass is 9.55. The summed E-state index contributed by atoms with van der Waals surface area (Å²) in [6.07, 6.45) is 10.4. The summed E-state index contributed by atoms with van der Waals surface area (Å²) < 4.78 is 5.96. The summed E-state index contributed by atoms with van der Waals surface area (Å²) in [5.74, 6) is 0.628. The van der Waals surface area contributed by atoms with Crippen molar-refractivity contribution in [2.24, 2.45) is 16.1 Å². The van der Waals surface area contributed by atoms with Crippen LogP contribution in [0.15, 0.2) is 4.99 Å². The van der Waals surface area contributed by atoms with Gasteiger partial charge in [0, 0.05) is 24.6 Å². The standard InChI is InChI=1S/C16H31N3O/c1-3-5-11-18-15(17)19-13-12-14(20-4-2)16(13)9-7-6-8-10-16/h13-14H,3-12H2,1-2H3,(H3,17,18,19). The van der Waals surface area contributed by atoms with Gasteiger partial charge in [-0.25, -0.2) is 0 Å². The van der Waals surface area contributed by atoms with Gasteiger partial charge < -0.3 is 15.8 Å². The van der Waals surface area contributed by atoms with Gasteiger partial charge in [0.05, 0.1) is 6.10 Å². The Kier molecular flexibility index (Phi) is 5.70. The molecule has 116 valence electrons. The average Bonchev–Trinajstić information content (AvgIpc) is 2.47. The van der Waals surface area contributed by atoms with Crippen LogP contribution in [0.4, 0.5) is 0 Å². The Morgan fingerprint density at radius 2 is 2.05 bits per heavy atom. The number of nitrogens with two attached hydrogens (primary N) is 1. The summed E-state index contributed by atoms with van der Waals surface area (Å²) in [4.78, 5) is 4.43. The van der Waals surface area contributed by atoms with E-state index in [-0.39, 0.29) is 0 Å². The molecule has 0 saturated heterocycles. The van der Waals surface area contributed by atoms with E-state index in [1.807, 2.05) is 0 Å². The second-order valence-electron chi connectivity index (χ2n) is 6.29. The number of hydrogen-bond donors (Lipinski definition) is 2. The van der Waals surface area contributed by atoms with Crippen molar-refractivity contribution in [1.29, 1.82) is 0 Å². The molecule has 2 aliphatic carbocycles. The van der Waals surface area contributed by atoms with Crippen LogP contribution in [0, 0.1) is 5.41 Å². The van der Waals surface area contributed by atoms with Gasteiger partial charge in [-0.3, -0.25) is 4.99 Å². The van der Waals surface area contributed by atoms with Crippen LogP contribution in [0.25, 0.3) is 0 Å². The maximum absolute atomic E-state index is 6.03. The maximum Gasteiger partial charge on any atom is 0.188 e. The number of guanidine groups is 1. The summed E-state index contributed by atoms with van der Waals surface area (Å²) in [7, 11) is 0. The molecule has 4 nitrogen and oxygen atoms in total. The monoisotopic (exact) mass is 281 g/mol. The highest BCUT2D eigenvalue weighted by Gasteiger charge is 2.55. The van der Waals surface area contributed by atoms with Crippen molar-refractivity contribution in [2.75, 3.05) is 13.2 Å². The number of aliphatic imine (C=N–C) groups is 1. The lowest BCUT2D eigenvalue weighted by Crippen LogP contribution is -2.66. The zero-order chi connectivity index (χ0) is 14.4. The van der Waals surface area contributed by atoms with Crippen molar-refractivity contribution in [2.45, 2.75) is 77.4 Å². The quantitative estimate of drug-likeness (QED) is 0.447. The molecule has 2 saturated carbocycles. The minimum absolute atomic E-state index is 0.319. The van der Waals surface area contributed by atoms with Gasteiger partial charge >= 0.3 is 0 Å². The van der Waals surface area contributed by atoms with Crippen LogP contribution in [0.3, 0.4) is 0 Å². The second-order valence-corrected chi connectivity index (χ2v) is 6.29. The molecule has 0 aromatic heterocycles. The average molecular weight is 281 g/mol. The fourth-order valence-corrected chi connectivity index (χ4v) is 3.85. The van der Waals surface area contributed by atoms with E-state index in [2.05, 4.69) is 24.2 Å². The first-order valence-electron chi connectivity index (χ1n) is 8.41. The Labute approximate surface area is 123 Å². The zero-order valence-corrected chi connectivity index (χ0v) is 13.2. The highest BCUT2D eigenvalue weighted by Crippen LogP contribution is 2.53. The van der Waals surface area contributed by atoms with Gasteiger partial charge in [0.15, 0.2) is 5.96 Å². The van der Waals surface area contributed by atoms with Crippen molar-refractivity contribution in [3.63, 3.8) is 0 Å². The maximum atomic E-state index is 6.03. The number of ether oxygens (including phenoxy) is 1. The first kappa shape index (κ1) is 15.6. The number of nitrogens with one attached hydrogen (secondary N) is 1. The molecule has 0 heterocycles. The van der Waals surface area contributed by atoms with Gasteiger partial charge in [0.25, 0.3) is 0 Å². The first-order valence-corrected chi connectivity index (χ1v) is 8.41. The molecule has 1 spiro atoms. The Balaban J connectivity index is 1.92. The second kappa shape index (κ2) is 7.30. The van der Waals surface area contributed by atoms with Gasteiger partial charge in [0.2, 0.25) is 0 Å². The van der Waals surface area contributed by atoms with Crippen LogP contribution in [0.5, 0.6) is 0 Å². The number of nitrogens with zero attached hydrogens (tertiary/aromatic N) is 1. The summed E-state index contributed by atoms with van der Waals surface area (Å²) >= 11 is 0. The Morgan fingerprint density at radius 1 is 1.30 bits per heavy atom. The SMILES string of the molecule is CCCCN=C(N)NC1CC(OCC)C12CCCCC2. The lowest BCUT2D eigenvalue weighted by Gasteiger charge is -2.57. The van der Waals surface area contributed by atoms with Crippen molar-refractivity contribution in [1.82, 2.24) is 5.32 Å². The molecule has 0 radical (unpaired) electrons. The third kappa shape index (κ3) is 3.27. The van der Waals surface area contributed by atoms with Crippen LogP contribution >= 0.6 is 0 Å². The summed E-state index contributed by atoms with van der Waals surface area (Å²) in [5.41, 5.74) is 6.35. The van der Waals surface area contributed by atoms with E-state index < -0.39 is 0 Å². The minimum Gasteiger partial charge on any atom is -0.378 e. The molecule has 2 fully saturated rings. The Bertz CT molecular complexity index is 324. The minimum atomic E-state index is 0.319. The summed E-state index contributed by atoms with van der Waals surface area (Å²) in [5, 5.41) is 3.47. The molecule has 3 N–H and O–H groups in total. The van der Waals surface area contributed by atoms with Crippen LogP contribution in [-0.2, 0) is 4.74 Å². The van der Waals surface area contributed by atoms with E-state index in [1.165, 1.54) is 32.1 Å².